The number of carbonyl (C=O) groups is 1. The minimum atomic E-state index is -0.570. The van der Waals surface area contributed by atoms with Crippen molar-refractivity contribution in [3.05, 3.63) is 58.7 Å². The van der Waals surface area contributed by atoms with Crippen molar-refractivity contribution >= 4 is 27.7 Å². The molecule has 0 radical (unpaired) electrons. The Hall–Kier alpha value is -2.80. The molecule has 0 bridgehead atoms. The van der Waals surface area contributed by atoms with Gasteiger partial charge in [0.05, 0.1) is 11.6 Å². The molecule has 0 saturated heterocycles. The summed E-state index contributed by atoms with van der Waals surface area (Å²) in [5, 5.41) is 9.89. The van der Waals surface area contributed by atoms with E-state index in [4.69, 9.17) is 9.47 Å². The smallest absolute Gasteiger partial charge is 0.417 e. The third-order valence-corrected chi connectivity index (χ3v) is 4.50. The van der Waals surface area contributed by atoms with Crippen LogP contribution in [0.3, 0.4) is 0 Å². The van der Waals surface area contributed by atoms with Gasteiger partial charge in [0.2, 0.25) is 0 Å². The summed E-state index contributed by atoms with van der Waals surface area (Å²) in [6, 6.07) is 14.1. The maximum atomic E-state index is 12.1. The summed E-state index contributed by atoms with van der Waals surface area (Å²) in [6.45, 7) is 1.93. The second-order valence-corrected chi connectivity index (χ2v) is 6.08. The van der Waals surface area contributed by atoms with Crippen molar-refractivity contribution in [1.82, 2.24) is 10.2 Å². The Morgan fingerprint density at radius 1 is 1.16 bits per heavy atom. The Kier molecular flexibility index (Phi) is 5.04. The summed E-state index contributed by atoms with van der Waals surface area (Å²) in [5.74, 6) is 1.13. The number of ether oxygens (including phenoxy) is 2. The van der Waals surface area contributed by atoms with Crippen LogP contribution in [-0.2, 0) is 0 Å². The Labute approximate surface area is 153 Å². The molecule has 0 aliphatic rings. The van der Waals surface area contributed by atoms with Gasteiger partial charge < -0.3 is 9.47 Å². The third-order valence-electron chi connectivity index (χ3n) is 3.52. The zero-order chi connectivity index (χ0) is 17.8. The number of aromatic amines is 1. The first kappa shape index (κ1) is 17.0. The summed E-state index contributed by atoms with van der Waals surface area (Å²) in [5.41, 5.74) is 3.21. The van der Waals surface area contributed by atoms with E-state index in [1.54, 1.807) is 37.4 Å². The lowest BCUT2D eigenvalue weighted by molar-refractivity contribution is 0.215. The molecular formula is C18H16BrN3O3. The van der Waals surface area contributed by atoms with Gasteiger partial charge in [-0.1, -0.05) is 12.1 Å². The lowest BCUT2D eigenvalue weighted by Gasteiger charge is -2.08. The van der Waals surface area contributed by atoms with Gasteiger partial charge in [0.1, 0.15) is 17.2 Å². The van der Waals surface area contributed by atoms with Crippen molar-refractivity contribution in [3.8, 4) is 22.8 Å². The van der Waals surface area contributed by atoms with Crippen molar-refractivity contribution in [3.63, 3.8) is 0 Å². The third kappa shape index (κ3) is 4.00. The van der Waals surface area contributed by atoms with Gasteiger partial charge >= 0.3 is 6.09 Å². The number of benzene rings is 2. The highest BCUT2D eigenvalue weighted by Gasteiger charge is 2.11. The number of hydrogen-bond acceptors (Lipinski definition) is 4. The quantitative estimate of drug-likeness (QED) is 0.660. The molecule has 1 amide bonds. The average Bonchev–Trinajstić information content (AvgIpc) is 2.95. The molecule has 2 N–H and O–H groups in total. The van der Waals surface area contributed by atoms with E-state index >= 15 is 0 Å². The van der Waals surface area contributed by atoms with E-state index in [9.17, 15) is 4.79 Å². The lowest BCUT2D eigenvalue weighted by atomic mass is 10.1. The normalized spacial score (nSPS) is 10.4. The Morgan fingerprint density at radius 2 is 1.88 bits per heavy atom. The highest BCUT2D eigenvalue weighted by atomic mass is 79.9. The second kappa shape index (κ2) is 7.40. The zero-order valence-corrected chi connectivity index (χ0v) is 15.3. The van der Waals surface area contributed by atoms with Crippen LogP contribution in [0.2, 0.25) is 0 Å². The zero-order valence-electron chi connectivity index (χ0n) is 13.7. The summed E-state index contributed by atoms with van der Waals surface area (Å²) in [4.78, 5) is 12.1. The number of H-pyrrole nitrogens is 1. The number of amides is 1. The van der Waals surface area contributed by atoms with Crippen LogP contribution in [0.1, 0.15) is 5.69 Å². The predicted octanol–water partition coefficient (Wildman–Crippen LogP) is 4.77. The molecule has 1 aromatic heterocycles. The molecule has 0 atom stereocenters. The lowest BCUT2D eigenvalue weighted by Crippen LogP contribution is -2.16. The van der Waals surface area contributed by atoms with E-state index in [1.807, 2.05) is 25.1 Å². The predicted molar refractivity (Wildman–Crippen MR) is 99.1 cm³/mol. The van der Waals surface area contributed by atoms with Gasteiger partial charge in [-0.3, -0.25) is 10.4 Å². The van der Waals surface area contributed by atoms with Gasteiger partial charge in [0.25, 0.3) is 0 Å². The van der Waals surface area contributed by atoms with Gasteiger partial charge in [0.15, 0.2) is 0 Å². The molecule has 0 fully saturated rings. The van der Waals surface area contributed by atoms with E-state index < -0.39 is 6.09 Å². The van der Waals surface area contributed by atoms with Gasteiger partial charge in [-0.2, -0.15) is 5.10 Å². The molecule has 3 aromatic rings. The molecule has 3 rings (SSSR count). The van der Waals surface area contributed by atoms with Crippen molar-refractivity contribution in [2.75, 3.05) is 12.4 Å². The van der Waals surface area contributed by atoms with Crippen LogP contribution in [0.5, 0.6) is 11.5 Å². The minimum absolute atomic E-state index is 0.431. The van der Waals surface area contributed by atoms with Gasteiger partial charge in [-0.05, 0) is 59.3 Å². The first-order valence-corrected chi connectivity index (χ1v) is 8.30. The Morgan fingerprint density at radius 3 is 2.52 bits per heavy atom. The van der Waals surface area contributed by atoms with E-state index in [0.29, 0.717) is 17.2 Å². The van der Waals surface area contributed by atoms with Crippen LogP contribution in [0.15, 0.2) is 53.0 Å². The van der Waals surface area contributed by atoms with Gasteiger partial charge in [0, 0.05) is 16.9 Å². The standard InChI is InChI=1S/C18H16BrN3O3/c1-11-16(19)17(22-21-11)12-4-3-5-13(10-12)20-18(23)25-15-8-6-14(24-2)7-9-15/h3-10H,1-2H3,(H,20,23)(H,21,22). The second-order valence-electron chi connectivity index (χ2n) is 5.28. The van der Waals surface area contributed by atoms with Crippen LogP contribution in [0, 0.1) is 6.92 Å². The molecule has 0 aliphatic heterocycles. The van der Waals surface area contributed by atoms with Crippen molar-refractivity contribution in [2.24, 2.45) is 0 Å². The van der Waals surface area contributed by atoms with Crippen LogP contribution < -0.4 is 14.8 Å². The number of anilines is 1. The van der Waals surface area contributed by atoms with E-state index in [1.165, 1.54) is 0 Å². The molecule has 0 aliphatic carbocycles. The number of halogens is 1. The number of hydrogen-bond donors (Lipinski definition) is 2. The van der Waals surface area contributed by atoms with Crippen LogP contribution in [-0.4, -0.2) is 23.4 Å². The molecule has 0 spiro atoms. The van der Waals surface area contributed by atoms with Crippen LogP contribution in [0.25, 0.3) is 11.3 Å². The van der Waals surface area contributed by atoms with Gasteiger partial charge in [-0.15, -0.1) is 0 Å². The van der Waals surface area contributed by atoms with Crippen molar-refractivity contribution in [1.29, 1.82) is 0 Å². The number of carbonyl (C=O) groups excluding carboxylic acids is 1. The minimum Gasteiger partial charge on any atom is -0.497 e. The number of nitrogens with one attached hydrogen (secondary N) is 2. The van der Waals surface area contributed by atoms with E-state index in [2.05, 4.69) is 31.4 Å². The number of aryl methyl sites for hydroxylation is 1. The first-order chi connectivity index (χ1) is 12.1. The number of nitrogens with zero attached hydrogens (tertiary/aromatic N) is 1. The van der Waals surface area contributed by atoms with Crippen molar-refractivity contribution < 1.29 is 14.3 Å². The highest BCUT2D eigenvalue weighted by molar-refractivity contribution is 9.10. The summed E-state index contributed by atoms with van der Waals surface area (Å²) in [6.07, 6.45) is -0.570. The maximum Gasteiger partial charge on any atom is 0.417 e. The summed E-state index contributed by atoms with van der Waals surface area (Å²) in [7, 11) is 1.58. The highest BCUT2D eigenvalue weighted by Crippen LogP contribution is 2.30. The maximum absolute atomic E-state index is 12.1. The molecule has 0 unspecified atom stereocenters. The van der Waals surface area contributed by atoms with Crippen LogP contribution >= 0.6 is 15.9 Å². The molecule has 25 heavy (non-hydrogen) atoms. The van der Waals surface area contributed by atoms with Crippen molar-refractivity contribution in [2.45, 2.75) is 6.92 Å². The molecule has 0 saturated carbocycles. The largest absolute Gasteiger partial charge is 0.497 e. The molecule has 6 nitrogen and oxygen atoms in total. The topological polar surface area (TPSA) is 76.2 Å². The molecule has 128 valence electrons. The van der Waals surface area contributed by atoms with Gasteiger partial charge in [-0.25, -0.2) is 4.79 Å². The monoisotopic (exact) mass is 401 g/mol. The molecule has 7 heteroatoms. The molecular weight excluding hydrogens is 386 g/mol. The summed E-state index contributed by atoms with van der Waals surface area (Å²) < 4.78 is 11.2. The van der Waals surface area contributed by atoms with E-state index in [-0.39, 0.29) is 0 Å². The Bertz CT molecular complexity index is 891. The number of rotatable bonds is 4. The molecule has 1 heterocycles. The van der Waals surface area contributed by atoms with E-state index in [0.717, 1.165) is 21.4 Å². The number of methoxy groups -OCH3 is 1. The first-order valence-electron chi connectivity index (χ1n) is 7.50. The summed E-state index contributed by atoms with van der Waals surface area (Å²) >= 11 is 3.50. The number of aromatic nitrogens is 2. The van der Waals surface area contributed by atoms with Crippen LogP contribution in [0.4, 0.5) is 10.5 Å². The Balaban J connectivity index is 1.71. The average molecular weight is 402 g/mol. The fourth-order valence-corrected chi connectivity index (χ4v) is 2.65. The molecule has 2 aromatic carbocycles. The fraction of sp³-hybridized carbons (Fsp3) is 0.111. The fourth-order valence-electron chi connectivity index (χ4n) is 2.25. The SMILES string of the molecule is COc1ccc(OC(=O)Nc2cccc(-c3n[nH]c(C)c3Br)c2)cc1.